The Morgan fingerprint density at radius 1 is 1.33 bits per heavy atom. The second-order valence-corrected chi connectivity index (χ2v) is 2.66. The first-order chi connectivity index (χ1) is 5.77. The molecule has 0 unspecified atom stereocenters. The molecule has 0 fully saturated rings. The molecule has 0 heterocycles. The van der Waals surface area contributed by atoms with E-state index in [0.717, 1.165) is 25.7 Å². The summed E-state index contributed by atoms with van der Waals surface area (Å²) >= 11 is 0. The van der Waals surface area contributed by atoms with Crippen molar-refractivity contribution < 1.29 is 9.53 Å². The molecule has 0 rings (SSSR count). The van der Waals surface area contributed by atoms with E-state index in [2.05, 4.69) is 11.3 Å². The topological polar surface area (TPSA) is 52.3 Å². The van der Waals surface area contributed by atoms with Gasteiger partial charge in [0, 0.05) is 0 Å². The van der Waals surface area contributed by atoms with Crippen LogP contribution in [0.5, 0.6) is 0 Å². The second-order valence-electron chi connectivity index (χ2n) is 2.66. The van der Waals surface area contributed by atoms with Crippen LogP contribution < -0.4 is 5.73 Å². The number of unbranched alkanes of at least 4 members (excludes halogenated alkanes) is 4. The fourth-order valence-corrected chi connectivity index (χ4v) is 0.917. The maximum Gasteiger partial charge on any atom is 0.404 e. The Balaban J connectivity index is 2.90. The van der Waals surface area contributed by atoms with Crippen LogP contribution in [0, 0.1) is 0 Å². The van der Waals surface area contributed by atoms with Gasteiger partial charge in [-0.3, -0.25) is 0 Å². The highest BCUT2D eigenvalue weighted by Crippen LogP contribution is 2.02. The predicted octanol–water partition coefficient (Wildman–Crippen LogP) is 2.22. The number of rotatable bonds is 7. The number of allylic oxidation sites excluding steroid dienone is 1. The van der Waals surface area contributed by atoms with Crippen LogP contribution in [0.4, 0.5) is 4.79 Å². The van der Waals surface area contributed by atoms with Gasteiger partial charge in [-0.2, -0.15) is 0 Å². The van der Waals surface area contributed by atoms with Crippen LogP contribution in [0.25, 0.3) is 0 Å². The quantitative estimate of drug-likeness (QED) is 0.471. The lowest BCUT2D eigenvalue weighted by Gasteiger charge is -2.00. The van der Waals surface area contributed by atoms with Crippen LogP contribution in [0.1, 0.15) is 32.1 Å². The number of carbonyl (C=O) groups excluding carboxylic acids is 1. The zero-order valence-corrected chi connectivity index (χ0v) is 7.42. The molecule has 0 aromatic carbocycles. The Kier molecular flexibility index (Phi) is 7.44. The number of ether oxygens (including phenoxy) is 1. The van der Waals surface area contributed by atoms with E-state index in [0.29, 0.717) is 6.61 Å². The molecular weight excluding hydrogens is 154 g/mol. The molecule has 2 N–H and O–H groups in total. The first-order valence-electron chi connectivity index (χ1n) is 4.30. The molecule has 1 amide bonds. The van der Waals surface area contributed by atoms with Crippen LogP contribution in [0.3, 0.4) is 0 Å². The zero-order valence-electron chi connectivity index (χ0n) is 7.42. The second kappa shape index (κ2) is 8.11. The monoisotopic (exact) mass is 171 g/mol. The van der Waals surface area contributed by atoms with E-state index >= 15 is 0 Å². The van der Waals surface area contributed by atoms with E-state index in [1.165, 1.54) is 6.42 Å². The van der Waals surface area contributed by atoms with E-state index in [4.69, 9.17) is 5.73 Å². The van der Waals surface area contributed by atoms with Crippen molar-refractivity contribution in [1.29, 1.82) is 0 Å². The summed E-state index contributed by atoms with van der Waals surface area (Å²) in [5.74, 6) is 0. The van der Waals surface area contributed by atoms with Crippen LogP contribution in [0.2, 0.25) is 0 Å². The van der Waals surface area contributed by atoms with Gasteiger partial charge >= 0.3 is 6.09 Å². The van der Waals surface area contributed by atoms with Gasteiger partial charge in [0.05, 0.1) is 6.61 Å². The maximum atomic E-state index is 10.1. The van der Waals surface area contributed by atoms with E-state index in [1.54, 1.807) is 0 Å². The van der Waals surface area contributed by atoms with Gasteiger partial charge in [-0.25, -0.2) is 4.79 Å². The number of carbonyl (C=O) groups is 1. The SMILES string of the molecule is C=CCCCCCCOC(N)=O. The molecule has 12 heavy (non-hydrogen) atoms. The summed E-state index contributed by atoms with van der Waals surface area (Å²) < 4.78 is 4.57. The molecule has 0 radical (unpaired) electrons. The largest absolute Gasteiger partial charge is 0.450 e. The Morgan fingerprint density at radius 3 is 2.58 bits per heavy atom. The Bertz CT molecular complexity index is 134. The third kappa shape index (κ3) is 9.01. The van der Waals surface area contributed by atoms with Gasteiger partial charge in [-0.1, -0.05) is 18.9 Å². The minimum absolute atomic E-state index is 0.448. The van der Waals surface area contributed by atoms with Crippen LogP contribution >= 0.6 is 0 Å². The Morgan fingerprint density at radius 2 is 2.00 bits per heavy atom. The maximum absolute atomic E-state index is 10.1. The number of hydrogen-bond acceptors (Lipinski definition) is 2. The van der Waals surface area contributed by atoms with Crippen molar-refractivity contribution in [2.75, 3.05) is 6.61 Å². The number of primary amides is 1. The number of amides is 1. The molecule has 0 atom stereocenters. The summed E-state index contributed by atoms with van der Waals surface area (Å²) in [5.41, 5.74) is 4.78. The summed E-state index contributed by atoms with van der Waals surface area (Å²) in [6.07, 6.45) is 6.62. The van der Waals surface area contributed by atoms with E-state index in [-0.39, 0.29) is 0 Å². The lowest BCUT2D eigenvalue weighted by atomic mass is 10.1. The van der Waals surface area contributed by atoms with Gasteiger partial charge < -0.3 is 10.5 Å². The molecule has 70 valence electrons. The fraction of sp³-hybridized carbons (Fsp3) is 0.667. The molecule has 0 aliphatic rings. The fourth-order valence-electron chi connectivity index (χ4n) is 0.917. The average Bonchev–Trinajstić information content (AvgIpc) is 2.02. The lowest BCUT2D eigenvalue weighted by Crippen LogP contribution is -2.13. The van der Waals surface area contributed by atoms with Crippen molar-refractivity contribution >= 4 is 6.09 Å². The van der Waals surface area contributed by atoms with E-state index in [9.17, 15) is 4.79 Å². The lowest BCUT2D eigenvalue weighted by molar-refractivity contribution is 0.154. The Labute approximate surface area is 73.6 Å². The van der Waals surface area contributed by atoms with Crippen molar-refractivity contribution in [3.63, 3.8) is 0 Å². The zero-order chi connectivity index (χ0) is 9.23. The molecule has 0 aromatic heterocycles. The van der Waals surface area contributed by atoms with Gasteiger partial charge in [0.25, 0.3) is 0 Å². The van der Waals surface area contributed by atoms with Crippen molar-refractivity contribution in [3.8, 4) is 0 Å². The van der Waals surface area contributed by atoms with Gasteiger partial charge in [0.1, 0.15) is 0 Å². The first kappa shape index (κ1) is 11.0. The average molecular weight is 171 g/mol. The number of hydrogen-bond donors (Lipinski definition) is 1. The minimum Gasteiger partial charge on any atom is -0.450 e. The van der Waals surface area contributed by atoms with Gasteiger partial charge in [0.2, 0.25) is 0 Å². The minimum atomic E-state index is -0.680. The molecule has 0 aliphatic heterocycles. The smallest absolute Gasteiger partial charge is 0.404 e. The molecule has 0 aliphatic carbocycles. The van der Waals surface area contributed by atoms with Crippen LogP contribution in [0.15, 0.2) is 12.7 Å². The molecular formula is C9H17NO2. The highest BCUT2D eigenvalue weighted by atomic mass is 16.5. The van der Waals surface area contributed by atoms with Crippen LogP contribution in [-0.2, 0) is 4.74 Å². The summed E-state index contributed by atoms with van der Waals surface area (Å²) in [4.78, 5) is 10.1. The van der Waals surface area contributed by atoms with Crippen molar-refractivity contribution in [3.05, 3.63) is 12.7 Å². The molecule has 0 saturated heterocycles. The van der Waals surface area contributed by atoms with E-state index in [1.807, 2.05) is 6.08 Å². The molecule has 0 aromatic rings. The highest BCUT2D eigenvalue weighted by molar-refractivity contribution is 5.64. The normalized spacial score (nSPS) is 9.33. The third-order valence-corrected chi connectivity index (χ3v) is 1.55. The molecule has 3 nitrogen and oxygen atoms in total. The van der Waals surface area contributed by atoms with Gasteiger partial charge in [0.15, 0.2) is 0 Å². The van der Waals surface area contributed by atoms with Crippen molar-refractivity contribution in [2.45, 2.75) is 32.1 Å². The summed E-state index contributed by atoms with van der Waals surface area (Å²) in [7, 11) is 0. The summed E-state index contributed by atoms with van der Waals surface area (Å²) in [6, 6.07) is 0. The molecule has 0 bridgehead atoms. The van der Waals surface area contributed by atoms with Gasteiger partial charge in [-0.15, -0.1) is 6.58 Å². The Hall–Kier alpha value is -0.990. The standard InChI is InChI=1S/C9H17NO2/c1-2-3-4-5-6-7-8-12-9(10)11/h2H,1,3-8H2,(H2,10,11). The van der Waals surface area contributed by atoms with E-state index < -0.39 is 6.09 Å². The van der Waals surface area contributed by atoms with Gasteiger partial charge in [-0.05, 0) is 19.3 Å². The van der Waals surface area contributed by atoms with Crippen LogP contribution in [-0.4, -0.2) is 12.7 Å². The first-order valence-corrected chi connectivity index (χ1v) is 4.30. The summed E-state index contributed by atoms with van der Waals surface area (Å²) in [6.45, 7) is 4.08. The predicted molar refractivity (Wildman–Crippen MR) is 48.8 cm³/mol. The number of nitrogens with two attached hydrogens (primary N) is 1. The molecule has 3 heteroatoms. The third-order valence-electron chi connectivity index (χ3n) is 1.55. The van der Waals surface area contributed by atoms with Crippen molar-refractivity contribution in [1.82, 2.24) is 0 Å². The molecule has 0 saturated carbocycles. The summed E-state index contributed by atoms with van der Waals surface area (Å²) in [5, 5.41) is 0. The molecule has 0 spiro atoms. The van der Waals surface area contributed by atoms with Crippen molar-refractivity contribution in [2.24, 2.45) is 5.73 Å². The highest BCUT2D eigenvalue weighted by Gasteiger charge is 1.92.